The number of pyridine rings is 1. The number of nitrogens with zero attached hydrogens (tertiary/aromatic N) is 3. The molecule has 3 heteroatoms. The zero-order valence-corrected chi connectivity index (χ0v) is 14.9. The lowest BCUT2D eigenvalue weighted by Crippen LogP contribution is -2.51. The van der Waals surface area contributed by atoms with Crippen LogP contribution in [0, 0.1) is 11.3 Å². The summed E-state index contributed by atoms with van der Waals surface area (Å²) in [6.45, 7) is 11.2. The fourth-order valence-corrected chi connectivity index (χ4v) is 4.96. The van der Waals surface area contributed by atoms with Gasteiger partial charge in [0.2, 0.25) is 0 Å². The third-order valence-electron chi connectivity index (χ3n) is 5.99. The molecular formula is C21H25N3. The van der Waals surface area contributed by atoms with Crippen LogP contribution in [0.15, 0.2) is 55.3 Å². The van der Waals surface area contributed by atoms with Gasteiger partial charge in [-0.15, -0.1) is 6.58 Å². The summed E-state index contributed by atoms with van der Waals surface area (Å²) in [7, 11) is 2.19. The van der Waals surface area contributed by atoms with E-state index in [2.05, 4.69) is 80.6 Å². The van der Waals surface area contributed by atoms with Gasteiger partial charge in [-0.25, -0.2) is 4.98 Å². The van der Waals surface area contributed by atoms with Crippen LogP contribution in [0.4, 0.5) is 17.2 Å². The Morgan fingerprint density at radius 3 is 2.58 bits per heavy atom. The number of allylic oxidation sites excluding steroid dienone is 1. The molecule has 2 aliphatic rings. The smallest absolute Gasteiger partial charge is 0.158 e. The van der Waals surface area contributed by atoms with Gasteiger partial charge >= 0.3 is 0 Å². The van der Waals surface area contributed by atoms with Crippen molar-refractivity contribution in [2.75, 3.05) is 16.8 Å². The number of benzene rings is 1. The van der Waals surface area contributed by atoms with Crippen molar-refractivity contribution < 1.29 is 0 Å². The summed E-state index contributed by atoms with van der Waals surface area (Å²) in [5.41, 5.74) is 3.87. The molecule has 3 nitrogen and oxygen atoms in total. The first-order valence-electron chi connectivity index (χ1n) is 8.67. The maximum atomic E-state index is 4.73. The monoisotopic (exact) mass is 319 g/mol. The van der Waals surface area contributed by atoms with Crippen LogP contribution in [0.5, 0.6) is 0 Å². The van der Waals surface area contributed by atoms with Crippen molar-refractivity contribution >= 4 is 17.2 Å². The second-order valence-corrected chi connectivity index (χ2v) is 7.63. The predicted octanol–water partition coefficient (Wildman–Crippen LogP) is 4.94. The summed E-state index contributed by atoms with van der Waals surface area (Å²) in [6.07, 6.45) is 4.26. The SMILES string of the molecule is C=CC1C(C)c2ccccc2N2c3ncccc3N(C)C2C1(C)C. The largest absolute Gasteiger partial charge is 0.350 e. The van der Waals surface area contributed by atoms with Gasteiger partial charge in [0.15, 0.2) is 5.82 Å². The first-order valence-corrected chi connectivity index (χ1v) is 8.67. The highest BCUT2D eigenvalue weighted by molar-refractivity contribution is 5.82. The van der Waals surface area contributed by atoms with Crippen LogP contribution < -0.4 is 9.80 Å². The zero-order valence-electron chi connectivity index (χ0n) is 14.9. The van der Waals surface area contributed by atoms with Crippen molar-refractivity contribution in [2.24, 2.45) is 11.3 Å². The molecule has 3 atom stereocenters. The minimum Gasteiger partial charge on any atom is -0.350 e. The van der Waals surface area contributed by atoms with Crippen LogP contribution in [-0.4, -0.2) is 18.2 Å². The van der Waals surface area contributed by atoms with E-state index in [9.17, 15) is 0 Å². The Bertz CT molecular complexity index is 795. The second kappa shape index (κ2) is 5.10. The average Bonchev–Trinajstić information content (AvgIpc) is 2.85. The third kappa shape index (κ3) is 1.81. The first-order chi connectivity index (χ1) is 11.5. The van der Waals surface area contributed by atoms with Crippen molar-refractivity contribution in [1.29, 1.82) is 0 Å². The number of fused-ring (bicyclic) bond motifs is 5. The maximum absolute atomic E-state index is 4.73. The molecule has 0 aliphatic carbocycles. The Morgan fingerprint density at radius 1 is 1.12 bits per heavy atom. The summed E-state index contributed by atoms with van der Waals surface area (Å²) < 4.78 is 0. The lowest BCUT2D eigenvalue weighted by atomic mass is 9.69. The second-order valence-electron chi connectivity index (χ2n) is 7.63. The molecule has 0 fully saturated rings. The van der Waals surface area contributed by atoms with Crippen molar-refractivity contribution in [2.45, 2.75) is 32.9 Å². The normalized spacial score (nSPS) is 27.1. The van der Waals surface area contributed by atoms with Crippen molar-refractivity contribution in [3.8, 4) is 0 Å². The Kier molecular flexibility index (Phi) is 3.24. The molecule has 3 heterocycles. The van der Waals surface area contributed by atoms with Crippen LogP contribution in [0.25, 0.3) is 0 Å². The molecule has 0 N–H and O–H groups in total. The quantitative estimate of drug-likeness (QED) is 0.694. The number of hydrogen-bond acceptors (Lipinski definition) is 3. The van der Waals surface area contributed by atoms with Crippen LogP contribution in [0.3, 0.4) is 0 Å². The highest BCUT2D eigenvalue weighted by Crippen LogP contribution is 2.56. The number of rotatable bonds is 1. The van der Waals surface area contributed by atoms with E-state index in [-0.39, 0.29) is 11.6 Å². The molecule has 0 saturated carbocycles. The van der Waals surface area contributed by atoms with E-state index in [0.29, 0.717) is 11.8 Å². The molecule has 1 aromatic carbocycles. The molecule has 0 saturated heterocycles. The molecule has 124 valence electrons. The minimum atomic E-state index is 0.0234. The molecule has 0 bridgehead atoms. The van der Waals surface area contributed by atoms with E-state index in [4.69, 9.17) is 4.98 Å². The van der Waals surface area contributed by atoms with Gasteiger partial charge in [0, 0.05) is 24.3 Å². The molecule has 2 aromatic rings. The summed E-state index contributed by atoms with van der Waals surface area (Å²) in [6, 6.07) is 13.0. The maximum Gasteiger partial charge on any atom is 0.158 e. The molecule has 2 aliphatic heterocycles. The van der Waals surface area contributed by atoms with E-state index < -0.39 is 0 Å². The Hall–Kier alpha value is -2.29. The molecule has 3 unspecified atom stereocenters. The Morgan fingerprint density at radius 2 is 1.83 bits per heavy atom. The number of hydrogen-bond donors (Lipinski definition) is 0. The highest BCUT2D eigenvalue weighted by atomic mass is 15.4. The van der Waals surface area contributed by atoms with Gasteiger partial charge in [-0.3, -0.25) is 0 Å². The molecule has 0 amide bonds. The number of aromatic nitrogens is 1. The van der Waals surface area contributed by atoms with E-state index in [1.165, 1.54) is 16.9 Å². The summed E-state index contributed by atoms with van der Waals surface area (Å²) >= 11 is 0. The molecule has 0 radical (unpaired) electrons. The fraction of sp³-hybridized carbons (Fsp3) is 0.381. The van der Waals surface area contributed by atoms with Crippen LogP contribution in [0.1, 0.15) is 32.3 Å². The van der Waals surface area contributed by atoms with Crippen molar-refractivity contribution in [3.05, 3.63) is 60.8 Å². The summed E-state index contributed by atoms with van der Waals surface area (Å²) in [4.78, 5) is 9.55. The standard InChI is InChI=1S/C21H25N3/c1-6-16-14(2)15-10-7-8-11-17(15)24-19-18(12-9-13-22-19)23(5)20(24)21(16,3)4/h6-14,16,20H,1H2,2-5H3. The zero-order chi connectivity index (χ0) is 17.1. The fourth-order valence-electron chi connectivity index (χ4n) is 4.96. The molecule has 1 aromatic heterocycles. The third-order valence-corrected chi connectivity index (χ3v) is 5.99. The Balaban J connectivity index is 2.04. The van der Waals surface area contributed by atoms with Gasteiger partial charge in [0.25, 0.3) is 0 Å². The van der Waals surface area contributed by atoms with Gasteiger partial charge in [0.1, 0.15) is 6.17 Å². The van der Waals surface area contributed by atoms with E-state index in [0.717, 1.165) is 5.82 Å². The van der Waals surface area contributed by atoms with Crippen molar-refractivity contribution in [3.63, 3.8) is 0 Å². The molecular weight excluding hydrogens is 294 g/mol. The number of para-hydroxylation sites is 1. The average molecular weight is 319 g/mol. The highest BCUT2D eigenvalue weighted by Gasteiger charge is 2.52. The lowest BCUT2D eigenvalue weighted by molar-refractivity contribution is 0.191. The predicted molar refractivity (Wildman–Crippen MR) is 101 cm³/mol. The van der Waals surface area contributed by atoms with Crippen LogP contribution in [-0.2, 0) is 0 Å². The van der Waals surface area contributed by atoms with Gasteiger partial charge in [-0.05, 0) is 35.6 Å². The van der Waals surface area contributed by atoms with E-state index in [1.807, 2.05) is 12.3 Å². The van der Waals surface area contributed by atoms with Crippen LogP contribution in [0.2, 0.25) is 0 Å². The van der Waals surface area contributed by atoms with E-state index in [1.54, 1.807) is 0 Å². The van der Waals surface area contributed by atoms with Crippen molar-refractivity contribution in [1.82, 2.24) is 4.98 Å². The number of anilines is 3. The summed E-state index contributed by atoms with van der Waals surface area (Å²) in [5, 5.41) is 0. The van der Waals surface area contributed by atoms with E-state index >= 15 is 0 Å². The molecule has 24 heavy (non-hydrogen) atoms. The minimum absolute atomic E-state index is 0.0234. The summed E-state index contributed by atoms with van der Waals surface area (Å²) in [5.74, 6) is 1.85. The Labute approximate surface area is 144 Å². The van der Waals surface area contributed by atoms with Crippen LogP contribution >= 0.6 is 0 Å². The topological polar surface area (TPSA) is 19.4 Å². The van der Waals surface area contributed by atoms with Gasteiger partial charge in [-0.2, -0.15) is 0 Å². The van der Waals surface area contributed by atoms with Gasteiger partial charge in [-0.1, -0.05) is 45.0 Å². The van der Waals surface area contributed by atoms with Gasteiger partial charge < -0.3 is 9.80 Å². The first kappa shape index (κ1) is 15.3. The lowest BCUT2D eigenvalue weighted by Gasteiger charge is -2.44. The molecule has 0 spiro atoms. The van der Waals surface area contributed by atoms with Gasteiger partial charge in [0.05, 0.1) is 5.69 Å². The molecule has 4 rings (SSSR count).